The number of rotatable bonds is 3. The summed E-state index contributed by atoms with van der Waals surface area (Å²) in [6.45, 7) is 2.29. The first-order valence-electron chi connectivity index (χ1n) is 5.55. The monoisotopic (exact) mass is 263 g/mol. The lowest BCUT2D eigenvalue weighted by molar-refractivity contribution is -0.131. The number of carboxylic acid groups (broad SMARTS) is 1. The van der Waals surface area contributed by atoms with Crippen molar-refractivity contribution in [1.29, 1.82) is 0 Å². The van der Waals surface area contributed by atoms with Gasteiger partial charge in [-0.1, -0.05) is 11.8 Å². The van der Waals surface area contributed by atoms with Crippen molar-refractivity contribution in [3.63, 3.8) is 0 Å². The van der Waals surface area contributed by atoms with Crippen LogP contribution in [0.4, 0.5) is 5.69 Å². The van der Waals surface area contributed by atoms with E-state index < -0.39 is 5.97 Å². The first kappa shape index (κ1) is 12.7. The molecule has 0 saturated carbocycles. The SMILES string of the molecule is CC(=O)N1CCc2cc(S/C=C/C(=O)O)ccc21. The lowest BCUT2D eigenvalue weighted by Crippen LogP contribution is -2.25. The third-order valence-corrected chi connectivity index (χ3v) is 3.54. The van der Waals surface area contributed by atoms with Gasteiger partial charge in [0.2, 0.25) is 5.91 Å². The number of amides is 1. The van der Waals surface area contributed by atoms with Gasteiger partial charge in [-0.3, -0.25) is 4.79 Å². The van der Waals surface area contributed by atoms with Crippen molar-refractivity contribution in [2.24, 2.45) is 0 Å². The number of fused-ring (bicyclic) bond motifs is 1. The summed E-state index contributed by atoms with van der Waals surface area (Å²) in [4.78, 5) is 24.5. The summed E-state index contributed by atoms with van der Waals surface area (Å²) < 4.78 is 0. The molecule has 1 amide bonds. The number of carbonyl (C=O) groups is 2. The van der Waals surface area contributed by atoms with E-state index in [0.717, 1.165) is 35.2 Å². The predicted octanol–water partition coefficient (Wildman–Crippen LogP) is 2.29. The third-order valence-electron chi connectivity index (χ3n) is 2.74. The number of carbonyl (C=O) groups excluding carboxylic acids is 1. The van der Waals surface area contributed by atoms with E-state index in [0.29, 0.717) is 0 Å². The molecule has 0 bridgehead atoms. The van der Waals surface area contributed by atoms with Crippen molar-refractivity contribution in [2.75, 3.05) is 11.4 Å². The Labute approximate surface area is 109 Å². The fourth-order valence-corrected chi connectivity index (χ4v) is 2.65. The summed E-state index contributed by atoms with van der Waals surface area (Å²) >= 11 is 1.36. The Bertz CT molecular complexity index is 525. The summed E-state index contributed by atoms with van der Waals surface area (Å²) in [5.41, 5.74) is 2.10. The molecular weight excluding hydrogens is 250 g/mol. The number of carboxylic acids is 1. The van der Waals surface area contributed by atoms with Crippen molar-refractivity contribution < 1.29 is 14.7 Å². The van der Waals surface area contributed by atoms with Crippen molar-refractivity contribution in [3.8, 4) is 0 Å². The van der Waals surface area contributed by atoms with E-state index in [4.69, 9.17) is 5.11 Å². The highest BCUT2D eigenvalue weighted by Crippen LogP contribution is 2.32. The molecule has 0 atom stereocenters. The van der Waals surface area contributed by atoms with Gasteiger partial charge in [-0.2, -0.15) is 0 Å². The fraction of sp³-hybridized carbons (Fsp3) is 0.231. The Morgan fingerprint density at radius 2 is 2.22 bits per heavy atom. The van der Waals surface area contributed by atoms with E-state index in [9.17, 15) is 9.59 Å². The van der Waals surface area contributed by atoms with Crippen molar-refractivity contribution in [2.45, 2.75) is 18.2 Å². The zero-order valence-electron chi connectivity index (χ0n) is 9.92. The van der Waals surface area contributed by atoms with E-state index >= 15 is 0 Å². The average Bonchev–Trinajstić information content (AvgIpc) is 2.71. The van der Waals surface area contributed by atoms with Gasteiger partial charge in [-0.25, -0.2) is 4.79 Å². The highest BCUT2D eigenvalue weighted by Gasteiger charge is 2.21. The van der Waals surface area contributed by atoms with Gasteiger partial charge in [-0.15, -0.1) is 0 Å². The van der Waals surface area contributed by atoms with Gasteiger partial charge in [0.1, 0.15) is 0 Å². The summed E-state index contributed by atoms with van der Waals surface area (Å²) in [6, 6.07) is 5.83. The zero-order chi connectivity index (χ0) is 13.1. The van der Waals surface area contributed by atoms with E-state index in [-0.39, 0.29) is 5.91 Å². The molecule has 0 fully saturated rings. The van der Waals surface area contributed by atoms with Crippen LogP contribution < -0.4 is 4.90 Å². The van der Waals surface area contributed by atoms with Crippen LogP contribution in [0.15, 0.2) is 34.6 Å². The van der Waals surface area contributed by atoms with Crippen LogP contribution in [0, 0.1) is 0 Å². The molecule has 1 aromatic carbocycles. The molecule has 94 valence electrons. The van der Waals surface area contributed by atoms with Crippen molar-refractivity contribution >= 4 is 29.3 Å². The van der Waals surface area contributed by atoms with Gasteiger partial charge in [-0.05, 0) is 35.6 Å². The van der Waals surface area contributed by atoms with E-state index in [1.54, 1.807) is 17.2 Å². The molecule has 1 N–H and O–H groups in total. The second kappa shape index (κ2) is 5.27. The molecule has 5 heteroatoms. The first-order valence-corrected chi connectivity index (χ1v) is 6.43. The highest BCUT2D eigenvalue weighted by molar-refractivity contribution is 8.02. The van der Waals surface area contributed by atoms with Crippen LogP contribution in [0.5, 0.6) is 0 Å². The maximum Gasteiger partial charge on any atom is 0.328 e. The van der Waals surface area contributed by atoms with E-state index in [2.05, 4.69) is 0 Å². The molecule has 2 rings (SSSR count). The van der Waals surface area contributed by atoms with Crippen LogP contribution in [-0.4, -0.2) is 23.5 Å². The number of anilines is 1. The quantitative estimate of drug-likeness (QED) is 0.671. The minimum atomic E-state index is -0.952. The van der Waals surface area contributed by atoms with Crippen LogP contribution in [0.1, 0.15) is 12.5 Å². The number of hydrogen-bond donors (Lipinski definition) is 1. The standard InChI is InChI=1S/C13H13NO3S/c1-9(15)14-6-4-10-8-11(2-3-12(10)14)18-7-5-13(16)17/h2-3,5,7-8H,4,6H2,1H3,(H,16,17)/b7-5+. The first-order chi connectivity index (χ1) is 8.58. The molecule has 0 radical (unpaired) electrons. The summed E-state index contributed by atoms with van der Waals surface area (Å²) in [7, 11) is 0. The molecule has 0 saturated heterocycles. The number of hydrogen-bond acceptors (Lipinski definition) is 3. The molecule has 18 heavy (non-hydrogen) atoms. The minimum absolute atomic E-state index is 0.0555. The second-order valence-corrected chi connectivity index (χ2v) is 4.95. The van der Waals surface area contributed by atoms with Crippen LogP contribution >= 0.6 is 11.8 Å². The lowest BCUT2D eigenvalue weighted by atomic mass is 10.2. The Morgan fingerprint density at radius 1 is 1.44 bits per heavy atom. The predicted molar refractivity (Wildman–Crippen MR) is 70.8 cm³/mol. The minimum Gasteiger partial charge on any atom is -0.478 e. The Hall–Kier alpha value is -1.75. The molecule has 1 aromatic rings. The lowest BCUT2D eigenvalue weighted by Gasteiger charge is -2.14. The number of nitrogens with zero attached hydrogens (tertiary/aromatic N) is 1. The Balaban J connectivity index is 2.14. The highest BCUT2D eigenvalue weighted by atomic mass is 32.2. The van der Waals surface area contributed by atoms with Crippen LogP contribution in [0.3, 0.4) is 0 Å². The van der Waals surface area contributed by atoms with E-state index in [1.807, 2.05) is 18.2 Å². The van der Waals surface area contributed by atoms with Crippen molar-refractivity contribution in [1.82, 2.24) is 0 Å². The third kappa shape index (κ3) is 2.73. The van der Waals surface area contributed by atoms with Gasteiger partial charge >= 0.3 is 5.97 Å². The van der Waals surface area contributed by atoms with Gasteiger partial charge < -0.3 is 10.0 Å². The molecule has 1 heterocycles. The number of aliphatic carboxylic acids is 1. The van der Waals surface area contributed by atoms with Gasteiger partial charge in [0.25, 0.3) is 0 Å². The zero-order valence-corrected chi connectivity index (χ0v) is 10.7. The second-order valence-electron chi connectivity index (χ2n) is 3.97. The molecule has 0 aliphatic carbocycles. The van der Waals surface area contributed by atoms with Gasteiger partial charge in [0.15, 0.2) is 0 Å². The Morgan fingerprint density at radius 3 is 2.89 bits per heavy atom. The van der Waals surface area contributed by atoms with Crippen LogP contribution in [0.25, 0.3) is 0 Å². The summed E-state index contributed by atoms with van der Waals surface area (Å²) in [6.07, 6.45) is 1.96. The largest absolute Gasteiger partial charge is 0.478 e. The molecular formula is C13H13NO3S. The fourth-order valence-electron chi connectivity index (χ4n) is 1.95. The molecule has 0 aromatic heterocycles. The van der Waals surface area contributed by atoms with E-state index in [1.165, 1.54) is 11.8 Å². The van der Waals surface area contributed by atoms with Crippen LogP contribution in [-0.2, 0) is 16.0 Å². The van der Waals surface area contributed by atoms with Gasteiger partial charge in [0, 0.05) is 30.1 Å². The molecule has 0 unspecified atom stereocenters. The number of benzene rings is 1. The van der Waals surface area contributed by atoms with Crippen molar-refractivity contribution in [3.05, 3.63) is 35.2 Å². The Kier molecular flexibility index (Phi) is 3.72. The average molecular weight is 263 g/mol. The normalized spacial score (nSPS) is 13.9. The maximum atomic E-state index is 11.4. The maximum absolute atomic E-state index is 11.4. The molecule has 0 spiro atoms. The molecule has 4 nitrogen and oxygen atoms in total. The smallest absolute Gasteiger partial charge is 0.328 e. The van der Waals surface area contributed by atoms with Crippen LogP contribution in [0.2, 0.25) is 0 Å². The van der Waals surface area contributed by atoms with Gasteiger partial charge in [0.05, 0.1) is 0 Å². The topological polar surface area (TPSA) is 57.6 Å². The molecule has 1 aliphatic heterocycles. The number of thioether (sulfide) groups is 1. The molecule has 1 aliphatic rings. The summed E-state index contributed by atoms with van der Waals surface area (Å²) in [5, 5.41) is 10.0. The summed E-state index contributed by atoms with van der Waals surface area (Å²) in [5.74, 6) is -0.897.